The monoisotopic (exact) mass is 234 g/mol. The van der Waals surface area contributed by atoms with E-state index in [0.717, 1.165) is 10.6 Å². The number of nitrogens with zero attached hydrogens (tertiary/aromatic N) is 1. The second-order valence-electron chi connectivity index (χ2n) is 3.25. The zero-order valence-corrected chi connectivity index (χ0v) is 9.41. The zero-order valence-electron chi connectivity index (χ0n) is 8.60. The van der Waals surface area contributed by atoms with Gasteiger partial charge in [-0.15, -0.1) is 11.3 Å². The molecule has 0 radical (unpaired) electrons. The zero-order chi connectivity index (χ0) is 11.5. The number of thiophene rings is 1. The molecule has 0 saturated heterocycles. The van der Waals surface area contributed by atoms with Gasteiger partial charge in [-0.05, 0) is 23.9 Å². The Morgan fingerprint density at radius 2 is 2.38 bits per heavy atom. The molecule has 0 aliphatic heterocycles. The van der Waals surface area contributed by atoms with E-state index < -0.39 is 5.97 Å². The molecule has 0 bridgehead atoms. The van der Waals surface area contributed by atoms with E-state index in [2.05, 4.69) is 9.97 Å². The maximum absolute atomic E-state index is 11.2. The number of rotatable bonds is 3. The predicted octanol–water partition coefficient (Wildman–Crippen LogP) is 2.49. The molecule has 16 heavy (non-hydrogen) atoms. The van der Waals surface area contributed by atoms with Gasteiger partial charge in [0.1, 0.15) is 0 Å². The van der Waals surface area contributed by atoms with E-state index >= 15 is 0 Å². The van der Waals surface area contributed by atoms with Crippen molar-refractivity contribution in [2.45, 2.75) is 6.92 Å². The van der Waals surface area contributed by atoms with Gasteiger partial charge >= 0.3 is 5.97 Å². The van der Waals surface area contributed by atoms with Crippen LogP contribution in [0.25, 0.3) is 11.1 Å². The Morgan fingerprint density at radius 3 is 2.88 bits per heavy atom. The summed E-state index contributed by atoms with van der Waals surface area (Å²) in [4.78, 5) is 18.8. The van der Waals surface area contributed by atoms with E-state index in [4.69, 9.17) is 0 Å². The molecule has 4 nitrogen and oxygen atoms in total. The molecule has 0 unspecified atom stereocenters. The third-order valence-corrected chi connectivity index (χ3v) is 3.15. The van der Waals surface area contributed by atoms with Gasteiger partial charge in [-0.1, -0.05) is 6.07 Å². The molecule has 5 heteroatoms. The number of carbonyl (C=O) groups is 1. The Kier molecular flexibility index (Phi) is 2.87. The fourth-order valence-corrected chi connectivity index (χ4v) is 2.29. The normalized spacial score (nSPS) is 12.3. The van der Waals surface area contributed by atoms with Crippen LogP contribution < -0.4 is 0 Å². The predicted molar refractivity (Wildman–Crippen MR) is 63.0 cm³/mol. The third-order valence-electron chi connectivity index (χ3n) is 2.26. The smallest absolute Gasteiger partial charge is 0.337 e. The number of hydrogen-bond acceptors (Lipinski definition) is 3. The van der Waals surface area contributed by atoms with Crippen LogP contribution in [0.2, 0.25) is 0 Å². The molecule has 2 aromatic rings. The van der Waals surface area contributed by atoms with Crippen LogP contribution in [0.15, 0.2) is 30.0 Å². The summed E-state index contributed by atoms with van der Waals surface area (Å²) in [6.45, 7) is 1.77. The van der Waals surface area contributed by atoms with Crippen molar-refractivity contribution >= 4 is 28.5 Å². The van der Waals surface area contributed by atoms with E-state index in [1.807, 2.05) is 11.4 Å². The van der Waals surface area contributed by atoms with Crippen molar-refractivity contribution in [3.05, 3.63) is 40.6 Å². The van der Waals surface area contributed by atoms with E-state index in [1.165, 1.54) is 17.7 Å². The molecule has 0 saturated carbocycles. The standard InChI is InChI=1S/C11H10N2O2S/c1-7(8-5-12-6-13-8)10(11(14)15)9-3-2-4-16-9/h2-6H,1H3,(H,12,13)(H,14,15). The Labute approximate surface area is 96.3 Å². The summed E-state index contributed by atoms with van der Waals surface area (Å²) in [6, 6.07) is 3.64. The fourth-order valence-electron chi connectivity index (χ4n) is 1.47. The van der Waals surface area contributed by atoms with Crippen molar-refractivity contribution in [3.63, 3.8) is 0 Å². The molecule has 2 heterocycles. The fraction of sp³-hybridized carbons (Fsp3) is 0.0909. The van der Waals surface area contributed by atoms with Crippen LogP contribution in [0.5, 0.6) is 0 Å². The molecule has 0 aromatic carbocycles. The van der Waals surface area contributed by atoms with Crippen molar-refractivity contribution in [1.29, 1.82) is 0 Å². The Bertz CT molecular complexity index is 512. The molecular formula is C11H10N2O2S. The molecular weight excluding hydrogens is 224 g/mol. The summed E-state index contributed by atoms with van der Waals surface area (Å²) in [5, 5.41) is 11.1. The van der Waals surface area contributed by atoms with Crippen molar-refractivity contribution in [1.82, 2.24) is 9.97 Å². The first-order valence-corrected chi connectivity index (χ1v) is 5.55. The lowest BCUT2D eigenvalue weighted by Crippen LogP contribution is -2.01. The first kappa shape index (κ1) is 10.6. The Hall–Kier alpha value is -1.88. The highest BCUT2D eigenvalue weighted by Crippen LogP contribution is 2.28. The average molecular weight is 234 g/mol. The number of nitrogens with one attached hydrogen (secondary N) is 1. The van der Waals surface area contributed by atoms with Crippen LogP contribution in [-0.4, -0.2) is 21.0 Å². The molecule has 0 amide bonds. The molecule has 0 spiro atoms. The first-order chi connectivity index (χ1) is 7.70. The van der Waals surface area contributed by atoms with Gasteiger partial charge in [-0.25, -0.2) is 9.78 Å². The van der Waals surface area contributed by atoms with Gasteiger partial charge in [-0.3, -0.25) is 0 Å². The number of aromatic amines is 1. The van der Waals surface area contributed by atoms with Gasteiger partial charge in [0.2, 0.25) is 0 Å². The summed E-state index contributed by atoms with van der Waals surface area (Å²) >= 11 is 1.41. The highest BCUT2D eigenvalue weighted by molar-refractivity contribution is 7.11. The lowest BCUT2D eigenvalue weighted by Gasteiger charge is -2.04. The van der Waals surface area contributed by atoms with Crippen molar-refractivity contribution < 1.29 is 9.90 Å². The number of aliphatic carboxylic acids is 1. The summed E-state index contributed by atoms with van der Waals surface area (Å²) in [5.41, 5.74) is 1.73. The van der Waals surface area contributed by atoms with Crippen molar-refractivity contribution in [3.8, 4) is 0 Å². The Morgan fingerprint density at radius 1 is 1.56 bits per heavy atom. The second kappa shape index (κ2) is 4.32. The van der Waals surface area contributed by atoms with E-state index in [-0.39, 0.29) is 0 Å². The molecule has 82 valence electrons. The quantitative estimate of drug-likeness (QED) is 0.802. The Balaban J connectivity index is 2.55. The maximum Gasteiger partial charge on any atom is 0.337 e. The number of hydrogen-bond donors (Lipinski definition) is 2. The first-order valence-electron chi connectivity index (χ1n) is 4.67. The number of aromatic nitrogens is 2. The van der Waals surface area contributed by atoms with Crippen LogP contribution in [0.4, 0.5) is 0 Å². The lowest BCUT2D eigenvalue weighted by molar-refractivity contribution is -0.130. The lowest BCUT2D eigenvalue weighted by atomic mass is 10.1. The number of H-pyrrole nitrogens is 1. The SMILES string of the molecule is CC(=C(C(=O)O)c1cccs1)c1cnc[nH]1. The van der Waals surface area contributed by atoms with Crippen LogP contribution in [0, 0.1) is 0 Å². The van der Waals surface area contributed by atoms with Crippen LogP contribution in [0.1, 0.15) is 17.5 Å². The molecule has 0 fully saturated rings. The van der Waals surface area contributed by atoms with Gasteiger partial charge in [0.05, 0.1) is 23.8 Å². The number of allylic oxidation sites excluding steroid dienone is 1. The topological polar surface area (TPSA) is 66.0 Å². The number of carboxylic acids is 1. The summed E-state index contributed by atoms with van der Waals surface area (Å²) in [5.74, 6) is -0.922. The minimum atomic E-state index is -0.922. The van der Waals surface area contributed by atoms with Crippen LogP contribution in [0.3, 0.4) is 0 Å². The minimum absolute atomic E-state index is 0.319. The van der Waals surface area contributed by atoms with Crippen LogP contribution >= 0.6 is 11.3 Å². The van der Waals surface area contributed by atoms with Gasteiger partial charge < -0.3 is 10.1 Å². The molecule has 2 rings (SSSR count). The van der Waals surface area contributed by atoms with E-state index in [0.29, 0.717) is 11.1 Å². The molecule has 0 aliphatic rings. The second-order valence-corrected chi connectivity index (χ2v) is 4.20. The summed E-state index contributed by atoms with van der Waals surface area (Å²) < 4.78 is 0. The van der Waals surface area contributed by atoms with Gasteiger partial charge in [0, 0.05) is 4.88 Å². The summed E-state index contributed by atoms with van der Waals surface area (Å²) in [6.07, 6.45) is 3.15. The molecule has 2 N–H and O–H groups in total. The number of imidazole rings is 1. The average Bonchev–Trinajstić information content (AvgIpc) is 2.89. The van der Waals surface area contributed by atoms with Gasteiger partial charge in [0.15, 0.2) is 0 Å². The van der Waals surface area contributed by atoms with Crippen LogP contribution in [-0.2, 0) is 4.79 Å². The third kappa shape index (κ3) is 1.90. The van der Waals surface area contributed by atoms with E-state index in [9.17, 15) is 9.90 Å². The summed E-state index contributed by atoms with van der Waals surface area (Å²) in [7, 11) is 0. The van der Waals surface area contributed by atoms with Crippen molar-refractivity contribution in [2.24, 2.45) is 0 Å². The highest BCUT2D eigenvalue weighted by Gasteiger charge is 2.16. The van der Waals surface area contributed by atoms with Gasteiger partial charge in [0.25, 0.3) is 0 Å². The molecule has 0 atom stereocenters. The molecule has 0 aliphatic carbocycles. The van der Waals surface area contributed by atoms with Gasteiger partial charge in [-0.2, -0.15) is 0 Å². The van der Waals surface area contributed by atoms with E-state index in [1.54, 1.807) is 19.2 Å². The van der Waals surface area contributed by atoms with Crippen molar-refractivity contribution in [2.75, 3.05) is 0 Å². The largest absolute Gasteiger partial charge is 0.478 e. The highest BCUT2D eigenvalue weighted by atomic mass is 32.1. The number of carboxylic acid groups (broad SMARTS) is 1. The molecule has 2 aromatic heterocycles. The maximum atomic E-state index is 11.2. The minimum Gasteiger partial charge on any atom is -0.478 e.